The van der Waals surface area contributed by atoms with E-state index in [4.69, 9.17) is 9.84 Å². The van der Waals surface area contributed by atoms with Gasteiger partial charge in [-0.25, -0.2) is 9.78 Å². The number of halogens is 3. The molecule has 9 nitrogen and oxygen atoms in total. The van der Waals surface area contributed by atoms with E-state index in [1.165, 1.54) is 11.0 Å². The van der Waals surface area contributed by atoms with Gasteiger partial charge in [-0.3, -0.25) is 15.0 Å². The molecule has 0 bridgehead atoms. The molecule has 1 aromatic heterocycles. The molecule has 2 aromatic carbocycles. The molecule has 2 N–H and O–H groups in total. The van der Waals surface area contributed by atoms with Crippen LogP contribution >= 0.6 is 0 Å². The average molecular weight is 518 g/mol. The monoisotopic (exact) mass is 518 g/mol. The lowest BCUT2D eigenvalue weighted by Crippen LogP contribution is -2.37. The van der Waals surface area contributed by atoms with Gasteiger partial charge in [0, 0.05) is 36.9 Å². The third kappa shape index (κ3) is 5.43. The number of cyclic esters (lactones) is 1. The number of ether oxygens (including phenoxy) is 1. The quantitative estimate of drug-likeness (QED) is 0.472. The van der Waals surface area contributed by atoms with Crippen LogP contribution in [0.15, 0.2) is 42.5 Å². The number of amides is 2. The van der Waals surface area contributed by atoms with Crippen LogP contribution in [0.5, 0.6) is 0 Å². The fourth-order valence-corrected chi connectivity index (χ4v) is 4.13. The Bertz CT molecular complexity index is 1330. The summed E-state index contributed by atoms with van der Waals surface area (Å²) in [6.07, 6.45) is -2.11. The fourth-order valence-electron chi connectivity index (χ4n) is 4.13. The van der Waals surface area contributed by atoms with Gasteiger partial charge in [0.05, 0.1) is 23.2 Å². The Hall–Kier alpha value is -3.93. The number of aliphatic hydroxyl groups is 1. The van der Waals surface area contributed by atoms with E-state index >= 15 is 0 Å². The molecule has 0 spiro atoms. The summed E-state index contributed by atoms with van der Waals surface area (Å²) in [5.41, 5.74) is -0.0347. The fraction of sp³-hybridized carbons (Fsp3) is 0.360. The number of hydrogen-bond acceptors (Lipinski definition) is 6. The van der Waals surface area contributed by atoms with Crippen LogP contribution in [0.1, 0.15) is 35.2 Å². The van der Waals surface area contributed by atoms with Crippen LogP contribution in [0.2, 0.25) is 0 Å². The second-order valence-electron chi connectivity index (χ2n) is 8.83. The molecule has 2 amide bonds. The van der Waals surface area contributed by atoms with Gasteiger partial charge < -0.3 is 19.2 Å². The van der Waals surface area contributed by atoms with Crippen molar-refractivity contribution in [2.24, 2.45) is 5.41 Å². The van der Waals surface area contributed by atoms with Crippen molar-refractivity contribution < 1.29 is 37.4 Å². The lowest BCUT2D eigenvalue weighted by Gasteiger charge is -2.26. The number of benzene rings is 2. The molecule has 1 saturated carbocycles. The Labute approximate surface area is 209 Å². The van der Waals surface area contributed by atoms with Crippen LogP contribution in [-0.4, -0.2) is 53.2 Å². The Kier molecular flexibility index (Phi) is 7.21. The van der Waals surface area contributed by atoms with Gasteiger partial charge in [-0.1, -0.05) is 6.07 Å². The van der Waals surface area contributed by atoms with Gasteiger partial charge in [-0.2, -0.15) is 13.2 Å². The summed E-state index contributed by atoms with van der Waals surface area (Å²) in [5, 5.41) is 9.60. The van der Waals surface area contributed by atoms with E-state index in [0.29, 0.717) is 49.1 Å². The third-order valence-electron chi connectivity index (χ3n) is 6.31. The maximum absolute atomic E-state index is 13.1. The van der Waals surface area contributed by atoms with E-state index in [9.17, 15) is 27.6 Å². The SMILES string of the molecule is CO.O=CC1(Cn2c(NC(=O)c3cccc(C(F)(F)F)c3)nc3cc(N4CCCOC4=O)ccc32)CC1. The van der Waals surface area contributed by atoms with E-state index in [1.807, 2.05) is 0 Å². The molecule has 2 heterocycles. The molecule has 0 unspecified atom stereocenters. The first-order valence-corrected chi connectivity index (χ1v) is 11.5. The first kappa shape index (κ1) is 26.1. The van der Waals surface area contributed by atoms with Crippen molar-refractivity contribution >= 4 is 41.0 Å². The molecule has 3 aromatic rings. The van der Waals surface area contributed by atoms with Crippen LogP contribution in [0, 0.1) is 5.41 Å². The molecule has 1 aliphatic carbocycles. The summed E-state index contributed by atoms with van der Waals surface area (Å²) in [4.78, 5) is 42.6. The van der Waals surface area contributed by atoms with Gasteiger partial charge in [0.1, 0.15) is 6.29 Å². The molecule has 1 saturated heterocycles. The van der Waals surface area contributed by atoms with Gasteiger partial charge in [-0.05, 0) is 55.7 Å². The lowest BCUT2D eigenvalue weighted by atomic mass is 10.1. The van der Waals surface area contributed by atoms with Crippen LogP contribution in [0.25, 0.3) is 11.0 Å². The molecule has 2 aliphatic rings. The Morgan fingerprint density at radius 1 is 1.22 bits per heavy atom. The standard InChI is InChI=1S/C24H21F3N4O4.CH4O/c25-24(26,27)16-4-1-3-15(11-16)20(33)29-21-28-18-12-17(30-9-2-10-35-22(30)34)5-6-19(18)31(21)13-23(14-32)7-8-23;1-2/h1,3-6,11-12,14H,2,7-10,13H2,(H,28,29,33);2H,1H3. The maximum Gasteiger partial charge on any atom is 0.416 e. The minimum Gasteiger partial charge on any atom is -0.449 e. The zero-order chi connectivity index (χ0) is 26.8. The minimum absolute atomic E-state index is 0.105. The summed E-state index contributed by atoms with van der Waals surface area (Å²) >= 11 is 0. The number of aldehydes is 1. The van der Waals surface area contributed by atoms with Crippen molar-refractivity contribution in [3.05, 3.63) is 53.6 Å². The maximum atomic E-state index is 13.1. The molecule has 2 fully saturated rings. The number of nitrogens with zero attached hydrogens (tertiary/aromatic N) is 3. The second kappa shape index (κ2) is 10.2. The summed E-state index contributed by atoms with van der Waals surface area (Å²) < 4.78 is 46.1. The lowest BCUT2D eigenvalue weighted by molar-refractivity contribution is -0.137. The van der Waals surface area contributed by atoms with Gasteiger partial charge in [0.25, 0.3) is 5.91 Å². The number of rotatable bonds is 6. The Balaban J connectivity index is 0.00000156. The number of carbonyl (C=O) groups is 3. The first-order chi connectivity index (χ1) is 17.7. The van der Waals surface area contributed by atoms with Crippen LogP contribution in [0.4, 0.5) is 29.6 Å². The van der Waals surface area contributed by atoms with E-state index in [2.05, 4.69) is 10.3 Å². The molecule has 5 rings (SSSR count). The molecular weight excluding hydrogens is 493 g/mol. The molecule has 0 radical (unpaired) electrons. The predicted octanol–water partition coefficient (Wildman–Crippen LogP) is 4.24. The highest BCUT2D eigenvalue weighted by molar-refractivity contribution is 6.04. The van der Waals surface area contributed by atoms with Crippen LogP contribution < -0.4 is 10.2 Å². The number of nitrogens with one attached hydrogen (secondary N) is 1. The normalized spacial score (nSPS) is 16.5. The summed E-state index contributed by atoms with van der Waals surface area (Å²) in [5.74, 6) is -0.655. The van der Waals surface area contributed by atoms with E-state index < -0.39 is 29.2 Å². The number of hydrogen-bond donors (Lipinski definition) is 2. The van der Waals surface area contributed by atoms with Gasteiger partial charge in [0.2, 0.25) is 5.95 Å². The molecular formula is C25H25F3N4O5. The third-order valence-corrected chi connectivity index (χ3v) is 6.31. The van der Waals surface area contributed by atoms with Crippen molar-refractivity contribution in [3.63, 3.8) is 0 Å². The van der Waals surface area contributed by atoms with E-state index in [-0.39, 0.29) is 18.1 Å². The number of carbonyl (C=O) groups excluding carboxylic acids is 3. The summed E-state index contributed by atoms with van der Waals surface area (Å²) in [6, 6.07) is 9.25. The van der Waals surface area contributed by atoms with E-state index in [0.717, 1.165) is 31.6 Å². The largest absolute Gasteiger partial charge is 0.449 e. The highest BCUT2D eigenvalue weighted by Gasteiger charge is 2.43. The number of aliphatic hydroxyl groups excluding tert-OH is 1. The predicted molar refractivity (Wildman–Crippen MR) is 128 cm³/mol. The van der Waals surface area contributed by atoms with Crippen LogP contribution in [-0.2, 0) is 22.3 Å². The van der Waals surface area contributed by atoms with Gasteiger partial charge >= 0.3 is 12.3 Å². The van der Waals surface area contributed by atoms with E-state index in [1.54, 1.807) is 22.8 Å². The topological polar surface area (TPSA) is 114 Å². The zero-order valence-electron chi connectivity index (χ0n) is 19.9. The Morgan fingerprint density at radius 2 is 1.97 bits per heavy atom. The number of imidazole rings is 1. The van der Waals surface area contributed by atoms with Gasteiger partial charge in [0.15, 0.2) is 0 Å². The molecule has 12 heteroatoms. The smallest absolute Gasteiger partial charge is 0.416 e. The number of anilines is 2. The van der Waals surface area contributed by atoms with Crippen molar-refractivity contribution in [1.29, 1.82) is 0 Å². The number of alkyl halides is 3. The van der Waals surface area contributed by atoms with Crippen molar-refractivity contribution in [2.45, 2.75) is 32.0 Å². The molecule has 37 heavy (non-hydrogen) atoms. The highest BCUT2D eigenvalue weighted by atomic mass is 19.4. The second-order valence-corrected chi connectivity index (χ2v) is 8.83. The van der Waals surface area contributed by atoms with Gasteiger partial charge in [-0.15, -0.1) is 0 Å². The Morgan fingerprint density at radius 3 is 2.62 bits per heavy atom. The minimum atomic E-state index is -4.59. The first-order valence-electron chi connectivity index (χ1n) is 11.5. The average Bonchev–Trinajstić information content (AvgIpc) is 3.60. The highest BCUT2D eigenvalue weighted by Crippen LogP contribution is 2.46. The summed E-state index contributed by atoms with van der Waals surface area (Å²) in [7, 11) is 1.00. The summed E-state index contributed by atoms with van der Waals surface area (Å²) in [6.45, 7) is 1.10. The van der Waals surface area contributed by atoms with Crippen molar-refractivity contribution in [2.75, 3.05) is 30.5 Å². The molecule has 0 atom stereocenters. The van der Waals surface area contributed by atoms with Crippen molar-refractivity contribution in [3.8, 4) is 0 Å². The molecule has 1 aliphatic heterocycles. The number of aromatic nitrogens is 2. The van der Waals surface area contributed by atoms with Crippen LogP contribution in [0.3, 0.4) is 0 Å². The zero-order valence-corrected chi connectivity index (χ0v) is 19.9. The molecule has 196 valence electrons. The van der Waals surface area contributed by atoms with Crippen molar-refractivity contribution in [1.82, 2.24) is 9.55 Å². The number of fused-ring (bicyclic) bond motifs is 1.